The molecule has 1 aliphatic heterocycles. The van der Waals surface area contributed by atoms with Crippen molar-refractivity contribution in [2.24, 2.45) is 12.8 Å². The van der Waals surface area contributed by atoms with Crippen molar-refractivity contribution in [3.8, 4) is 0 Å². The standard InChI is InChI=1S/C11H19N5O/c1-9(12)11(17)16-5-3-15(4-6-16)10-7-13-14(2)8-10/h7-9H,3-6,12H2,1-2H3/t9-/m1/s1. The van der Waals surface area contributed by atoms with Crippen molar-refractivity contribution in [1.82, 2.24) is 14.7 Å². The lowest BCUT2D eigenvalue weighted by Crippen LogP contribution is -2.52. The van der Waals surface area contributed by atoms with Crippen LogP contribution < -0.4 is 10.6 Å². The molecule has 0 bridgehead atoms. The quantitative estimate of drug-likeness (QED) is 0.747. The molecule has 6 nitrogen and oxygen atoms in total. The number of amides is 1. The van der Waals surface area contributed by atoms with Crippen molar-refractivity contribution >= 4 is 11.6 Å². The highest BCUT2D eigenvalue weighted by molar-refractivity contribution is 5.81. The van der Waals surface area contributed by atoms with Gasteiger partial charge in [-0.3, -0.25) is 9.48 Å². The molecule has 94 valence electrons. The van der Waals surface area contributed by atoms with Crippen molar-refractivity contribution in [2.45, 2.75) is 13.0 Å². The molecule has 2 rings (SSSR count). The molecule has 0 aliphatic carbocycles. The molecule has 1 aromatic heterocycles. The lowest BCUT2D eigenvalue weighted by Gasteiger charge is -2.36. The largest absolute Gasteiger partial charge is 0.365 e. The SMILES string of the molecule is C[C@@H](N)C(=O)N1CCN(c2cnn(C)c2)CC1. The van der Waals surface area contributed by atoms with Crippen molar-refractivity contribution < 1.29 is 4.79 Å². The average Bonchev–Trinajstić information content (AvgIpc) is 2.75. The monoisotopic (exact) mass is 237 g/mol. The van der Waals surface area contributed by atoms with Crippen LogP contribution in [0.1, 0.15) is 6.92 Å². The summed E-state index contributed by atoms with van der Waals surface area (Å²) in [5, 5.41) is 4.15. The summed E-state index contributed by atoms with van der Waals surface area (Å²) in [4.78, 5) is 15.8. The maximum atomic E-state index is 11.7. The summed E-state index contributed by atoms with van der Waals surface area (Å²) < 4.78 is 1.79. The Morgan fingerprint density at radius 2 is 2.06 bits per heavy atom. The van der Waals surface area contributed by atoms with Gasteiger partial charge in [0.1, 0.15) is 0 Å². The first-order valence-corrected chi connectivity index (χ1v) is 5.86. The molecule has 0 unspecified atom stereocenters. The van der Waals surface area contributed by atoms with Crippen molar-refractivity contribution in [1.29, 1.82) is 0 Å². The summed E-state index contributed by atoms with van der Waals surface area (Å²) in [5.41, 5.74) is 6.71. The Labute approximate surface area is 101 Å². The Bertz CT molecular complexity index is 392. The number of aromatic nitrogens is 2. The molecule has 1 fully saturated rings. The topological polar surface area (TPSA) is 67.4 Å². The Morgan fingerprint density at radius 1 is 1.41 bits per heavy atom. The molecule has 2 heterocycles. The van der Waals surface area contributed by atoms with Gasteiger partial charge in [0.2, 0.25) is 5.91 Å². The fraction of sp³-hybridized carbons (Fsp3) is 0.636. The van der Waals surface area contributed by atoms with Crippen LogP contribution >= 0.6 is 0 Å². The maximum Gasteiger partial charge on any atom is 0.239 e. The van der Waals surface area contributed by atoms with E-state index < -0.39 is 6.04 Å². The molecular formula is C11H19N5O. The van der Waals surface area contributed by atoms with Gasteiger partial charge in [-0.25, -0.2) is 0 Å². The van der Waals surface area contributed by atoms with Gasteiger partial charge in [0, 0.05) is 39.4 Å². The van der Waals surface area contributed by atoms with Gasteiger partial charge in [0.25, 0.3) is 0 Å². The fourth-order valence-electron chi connectivity index (χ4n) is 2.04. The Balaban J connectivity index is 1.92. The number of anilines is 1. The molecule has 1 saturated heterocycles. The molecule has 1 amide bonds. The molecule has 0 saturated carbocycles. The minimum absolute atomic E-state index is 0.0378. The molecule has 2 N–H and O–H groups in total. The Kier molecular flexibility index (Phi) is 3.33. The Hall–Kier alpha value is -1.56. The number of aryl methyl sites for hydroxylation is 1. The highest BCUT2D eigenvalue weighted by atomic mass is 16.2. The summed E-state index contributed by atoms with van der Waals surface area (Å²) in [5.74, 6) is 0.0378. The zero-order valence-electron chi connectivity index (χ0n) is 10.3. The third-order valence-electron chi connectivity index (χ3n) is 3.04. The van der Waals surface area contributed by atoms with Crippen LogP contribution in [0.2, 0.25) is 0 Å². The summed E-state index contributed by atoms with van der Waals surface area (Å²) in [6, 6.07) is -0.403. The van der Waals surface area contributed by atoms with E-state index in [0.717, 1.165) is 31.9 Å². The summed E-state index contributed by atoms with van der Waals surface area (Å²) >= 11 is 0. The van der Waals surface area contributed by atoms with E-state index in [1.807, 2.05) is 24.3 Å². The van der Waals surface area contributed by atoms with E-state index in [4.69, 9.17) is 5.73 Å². The van der Waals surface area contributed by atoms with Crippen molar-refractivity contribution in [2.75, 3.05) is 31.1 Å². The van der Waals surface area contributed by atoms with Crippen LogP contribution in [-0.2, 0) is 11.8 Å². The smallest absolute Gasteiger partial charge is 0.239 e. The first kappa shape index (κ1) is 11.9. The molecule has 6 heteroatoms. The van der Waals surface area contributed by atoms with E-state index in [2.05, 4.69) is 10.00 Å². The van der Waals surface area contributed by atoms with E-state index in [1.165, 1.54) is 0 Å². The second-order valence-electron chi connectivity index (χ2n) is 4.47. The normalized spacial score (nSPS) is 18.3. The summed E-state index contributed by atoms with van der Waals surface area (Å²) in [7, 11) is 1.90. The van der Waals surface area contributed by atoms with Crippen LogP contribution in [0.4, 0.5) is 5.69 Å². The molecule has 17 heavy (non-hydrogen) atoms. The van der Waals surface area contributed by atoms with E-state index in [9.17, 15) is 4.79 Å². The third-order valence-corrected chi connectivity index (χ3v) is 3.04. The zero-order valence-corrected chi connectivity index (χ0v) is 10.3. The number of hydrogen-bond acceptors (Lipinski definition) is 4. The highest BCUT2D eigenvalue weighted by Crippen LogP contribution is 2.14. The molecule has 0 radical (unpaired) electrons. The van der Waals surface area contributed by atoms with Gasteiger partial charge in [-0.1, -0.05) is 0 Å². The predicted molar refractivity (Wildman–Crippen MR) is 65.7 cm³/mol. The zero-order chi connectivity index (χ0) is 12.4. The van der Waals surface area contributed by atoms with Gasteiger partial charge in [0.05, 0.1) is 17.9 Å². The van der Waals surface area contributed by atoms with E-state index in [-0.39, 0.29) is 5.91 Å². The second-order valence-corrected chi connectivity index (χ2v) is 4.47. The average molecular weight is 237 g/mol. The second kappa shape index (κ2) is 4.75. The fourth-order valence-corrected chi connectivity index (χ4v) is 2.04. The summed E-state index contributed by atoms with van der Waals surface area (Å²) in [6.45, 7) is 4.87. The molecule has 1 aromatic rings. The minimum Gasteiger partial charge on any atom is -0.365 e. The number of nitrogens with zero attached hydrogens (tertiary/aromatic N) is 4. The van der Waals surface area contributed by atoms with Crippen LogP contribution in [-0.4, -0.2) is 52.8 Å². The lowest BCUT2D eigenvalue weighted by atomic mass is 10.2. The van der Waals surface area contributed by atoms with Crippen LogP contribution in [0.15, 0.2) is 12.4 Å². The maximum absolute atomic E-state index is 11.7. The van der Waals surface area contributed by atoms with Gasteiger partial charge in [-0.05, 0) is 6.92 Å². The van der Waals surface area contributed by atoms with Crippen LogP contribution in [0.5, 0.6) is 0 Å². The van der Waals surface area contributed by atoms with Crippen molar-refractivity contribution in [3.05, 3.63) is 12.4 Å². The van der Waals surface area contributed by atoms with Crippen LogP contribution in [0.3, 0.4) is 0 Å². The molecule has 1 aliphatic rings. The number of nitrogens with two attached hydrogens (primary N) is 1. The van der Waals surface area contributed by atoms with Gasteiger partial charge in [-0.15, -0.1) is 0 Å². The van der Waals surface area contributed by atoms with E-state index >= 15 is 0 Å². The van der Waals surface area contributed by atoms with Crippen LogP contribution in [0.25, 0.3) is 0 Å². The van der Waals surface area contributed by atoms with E-state index in [1.54, 1.807) is 11.6 Å². The molecular weight excluding hydrogens is 218 g/mol. The predicted octanol–water partition coefficient (Wildman–Crippen LogP) is -0.584. The first-order valence-electron chi connectivity index (χ1n) is 5.86. The van der Waals surface area contributed by atoms with Gasteiger partial charge >= 0.3 is 0 Å². The van der Waals surface area contributed by atoms with Crippen LogP contribution in [0, 0.1) is 0 Å². The highest BCUT2D eigenvalue weighted by Gasteiger charge is 2.23. The van der Waals surface area contributed by atoms with E-state index in [0.29, 0.717) is 0 Å². The van der Waals surface area contributed by atoms with Crippen molar-refractivity contribution in [3.63, 3.8) is 0 Å². The number of carbonyl (C=O) groups is 1. The Morgan fingerprint density at radius 3 is 2.53 bits per heavy atom. The number of rotatable bonds is 2. The number of carbonyl (C=O) groups excluding carboxylic acids is 1. The molecule has 0 aromatic carbocycles. The molecule has 1 atom stereocenters. The number of piperazine rings is 1. The van der Waals surface area contributed by atoms with Gasteiger partial charge in [-0.2, -0.15) is 5.10 Å². The van der Waals surface area contributed by atoms with Gasteiger partial charge in [0.15, 0.2) is 0 Å². The summed E-state index contributed by atoms with van der Waals surface area (Å²) in [6.07, 6.45) is 3.84. The molecule has 0 spiro atoms. The lowest BCUT2D eigenvalue weighted by molar-refractivity contribution is -0.132. The first-order chi connectivity index (χ1) is 8.08. The number of hydrogen-bond donors (Lipinski definition) is 1. The third kappa shape index (κ3) is 2.58. The van der Waals surface area contributed by atoms with Gasteiger partial charge < -0.3 is 15.5 Å². The minimum atomic E-state index is -0.403.